The first-order valence-corrected chi connectivity index (χ1v) is 12.6. The van der Waals surface area contributed by atoms with Crippen LogP contribution in [0.25, 0.3) is 0 Å². The molecular weight excluding hydrogens is 474 g/mol. The van der Waals surface area contributed by atoms with Crippen molar-refractivity contribution in [3.63, 3.8) is 0 Å². The van der Waals surface area contributed by atoms with Crippen LogP contribution >= 0.6 is 11.9 Å². The Morgan fingerprint density at radius 1 is 0.917 bits per heavy atom. The van der Waals surface area contributed by atoms with Crippen molar-refractivity contribution in [3.05, 3.63) is 130 Å². The molecule has 1 saturated heterocycles. The number of benzene rings is 3. The summed E-state index contributed by atoms with van der Waals surface area (Å²) >= 11 is 1.47. The average molecular weight is 502 g/mol. The monoisotopic (exact) mass is 501 g/mol. The van der Waals surface area contributed by atoms with Crippen LogP contribution in [0.15, 0.2) is 108 Å². The Labute approximate surface area is 213 Å². The Hall–Kier alpha value is -3.43. The van der Waals surface area contributed by atoms with E-state index in [1.54, 1.807) is 12.3 Å². The third kappa shape index (κ3) is 4.68. The maximum absolute atomic E-state index is 12.8. The van der Waals surface area contributed by atoms with E-state index in [1.165, 1.54) is 16.5 Å². The van der Waals surface area contributed by atoms with Gasteiger partial charge in [-0.05, 0) is 34.7 Å². The maximum Gasteiger partial charge on any atom is 0.351 e. The van der Waals surface area contributed by atoms with Gasteiger partial charge in [-0.2, -0.15) is 4.98 Å². The Balaban J connectivity index is 1.50. The van der Waals surface area contributed by atoms with E-state index in [1.807, 2.05) is 54.6 Å². The largest absolute Gasteiger partial charge is 0.394 e. The second-order valence-electron chi connectivity index (χ2n) is 8.60. The maximum atomic E-state index is 12.8. The van der Waals surface area contributed by atoms with Crippen LogP contribution in [0.4, 0.5) is 5.82 Å². The number of hydrogen-bond donors (Lipinski definition) is 3. The topological polar surface area (TPSA) is 96.6 Å². The van der Waals surface area contributed by atoms with E-state index in [0.29, 0.717) is 5.82 Å². The third-order valence-electron chi connectivity index (χ3n) is 6.37. The average Bonchev–Trinajstić information content (AvgIpc) is 3.31. The lowest BCUT2D eigenvalue weighted by Crippen LogP contribution is -2.29. The summed E-state index contributed by atoms with van der Waals surface area (Å²) in [6, 6.07) is 32.4. The number of aromatic nitrogens is 2. The summed E-state index contributed by atoms with van der Waals surface area (Å²) in [7, 11) is 0. The highest BCUT2D eigenvalue weighted by Gasteiger charge is 2.38. The summed E-state index contributed by atoms with van der Waals surface area (Å²) < 4.78 is 9.67. The van der Waals surface area contributed by atoms with Crippen LogP contribution in [-0.2, 0) is 9.48 Å². The standard InChI is InChI=1S/C28H27N3O4S/c32-19-24-23(33)18-26(35-24)31-17-16-25(29-27(31)34)30-36-28(20-10-4-1-5-11-20,21-12-6-2-7-13-21)22-14-8-3-9-15-22/h1-17,23-24,26,32-33H,18-19H2,(H,29,30,34)/t23-,24+,26+/m0/s1. The summed E-state index contributed by atoms with van der Waals surface area (Å²) in [5.41, 5.74) is 2.74. The molecule has 0 aliphatic carbocycles. The number of aliphatic hydroxyl groups is 2. The quantitative estimate of drug-likeness (QED) is 0.249. The highest BCUT2D eigenvalue weighted by molar-refractivity contribution is 8.01. The first kappa shape index (κ1) is 24.3. The molecule has 0 unspecified atom stereocenters. The fourth-order valence-electron chi connectivity index (χ4n) is 4.56. The molecule has 5 rings (SSSR count). The molecule has 1 aromatic heterocycles. The SMILES string of the molecule is O=c1nc(NSC(c2ccccc2)(c2ccccc2)c2ccccc2)ccn1[C@H]1C[C@H](O)[C@@H](CO)O1. The molecule has 2 heterocycles. The number of nitrogens with one attached hydrogen (secondary N) is 1. The smallest absolute Gasteiger partial charge is 0.351 e. The molecule has 7 nitrogen and oxygen atoms in total. The van der Waals surface area contributed by atoms with Crippen molar-refractivity contribution < 1.29 is 14.9 Å². The normalized spacial score (nSPS) is 19.8. The molecule has 8 heteroatoms. The molecule has 1 aliphatic rings. The number of anilines is 1. The van der Waals surface area contributed by atoms with Crippen molar-refractivity contribution in [1.82, 2.24) is 9.55 Å². The predicted molar refractivity (Wildman–Crippen MR) is 141 cm³/mol. The fraction of sp³-hybridized carbons (Fsp3) is 0.214. The summed E-state index contributed by atoms with van der Waals surface area (Å²) in [6.07, 6.45) is -0.393. The molecule has 184 valence electrons. The summed E-state index contributed by atoms with van der Waals surface area (Å²) in [6.45, 7) is -0.309. The molecular formula is C28H27N3O4S. The van der Waals surface area contributed by atoms with Gasteiger partial charge in [0.2, 0.25) is 0 Å². The lowest BCUT2D eigenvalue weighted by molar-refractivity contribution is -0.0458. The number of nitrogens with zero attached hydrogens (tertiary/aromatic N) is 2. The van der Waals surface area contributed by atoms with Gasteiger partial charge in [-0.25, -0.2) is 4.79 Å². The minimum atomic E-state index is -0.830. The van der Waals surface area contributed by atoms with Crippen molar-refractivity contribution in [1.29, 1.82) is 0 Å². The first-order valence-electron chi connectivity index (χ1n) is 11.8. The lowest BCUT2D eigenvalue weighted by Gasteiger charge is -2.35. The van der Waals surface area contributed by atoms with Crippen LogP contribution in [0.3, 0.4) is 0 Å². The van der Waals surface area contributed by atoms with Crippen LogP contribution in [0, 0.1) is 0 Å². The fourth-order valence-corrected chi connectivity index (χ4v) is 5.70. The summed E-state index contributed by atoms with van der Waals surface area (Å²) in [5.74, 6) is 0.408. The second kappa shape index (κ2) is 10.7. The molecule has 3 aromatic carbocycles. The molecule has 1 fully saturated rings. The summed E-state index contributed by atoms with van der Waals surface area (Å²) in [5, 5.41) is 19.4. The van der Waals surface area contributed by atoms with Crippen LogP contribution in [0.2, 0.25) is 0 Å². The van der Waals surface area contributed by atoms with Crippen molar-refractivity contribution in [2.45, 2.75) is 29.6 Å². The van der Waals surface area contributed by atoms with E-state index in [9.17, 15) is 15.0 Å². The van der Waals surface area contributed by atoms with Crippen LogP contribution in [0.5, 0.6) is 0 Å². The van der Waals surface area contributed by atoms with E-state index >= 15 is 0 Å². The van der Waals surface area contributed by atoms with Gasteiger partial charge in [0.15, 0.2) is 0 Å². The van der Waals surface area contributed by atoms with Crippen molar-refractivity contribution in [2.24, 2.45) is 0 Å². The lowest BCUT2D eigenvalue weighted by atomic mass is 9.84. The van der Waals surface area contributed by atoms with E-state index in [-0.39, 0.29) is 13.0 Å². The van der Waals surface area contributed by atoms with E-state index < -0.39 is 28.9 Å². The molecule has 3 atom stereocenters. The minimum Gasteiger partial charge on any atom is -0.394 e. The second-order valence-corrected chi connectivity index (χ2v) is 9.62. The molecule has 36 heavy (non-hydrogen) atoms. The van der Waals surface area contributed by atoms with Crippen LogP contribution in [-0.4, -0.2) is 38.6 Å². The molecule has 0 saturated carbocycles. The zero-order valence-corrected chi connectivity index (χ0v) is 20.3. The van der Waals surface area contributed by atoms with Crippen LogP contribution in [0.1, 0.15) is 29.3 Å². The molecule has 4 aromatic rings. The Kier molecular flexibility index (Phi) is 7.20. The molecule has 0 bridgehead atoms. The van der Waals surface area contributed by atoms with E-state index in [4.69, 9.17) is 4.74 Å². The molecule has 3 N–H and O–H groups in total. The van der Waals surface area contributed by atoms with Crippen LogP contribution < -0.4 is 10.4 Å². The number of aliphatic hydroxyl groups excluding tert-OH is 2. The molecule has 1 aliphatic heterocycles. The van der Waals surface area contributed by atoms with E-state index in [2.05, 4.69) is 46.1 Å². The Bertz CT molecular complexity index is 1240. The van der Waals surface area contributed by atoms with Gasteiger partial charge in [0.05, 0.1) is 12.7 Å². The molecule has 0 radical (unpaired) electrons. The Morgan fingerprint density at radius 2 is 1.44 bits per heavy atom. The highest BCUT2D eigenvalue weighted by Crippen LogP contribution is 2.48. The number of ether oxygens (including phenoxy) is 1. The van der Waals surface area contributed by atoms with E-state index in [0.717, 1.165) is 16.7 Å². The van der Waals surface area contributed by atoms with Gasteiger partial charge in [-0.15, -0.1) is 0 Å². The van der Waals surface area contributed by atoms with Gasteiger partial charge in [0, 0.05) is 12.6 Å². The molecule has 0 spiro atoms. The van der Waals surface area contributed by atoms with Gasteiger partial charge < -0.3 is 19.7 Å². The van der Waals surface area contributed by atoms with Gasteiger partial charge in [-0.3, -0.25) is 4.57 Å². The van der Waals surface area contributed by atoms with Crippen molar-refractivity contribution >= 4 is 17.8 Å². The van der Waals surface area contributed by atoms with Crippen molar-refractivity contribution in [3.8, 4) is 0 Å². The van der Waals surface area contributed by atoms with Gasteiger partial charge in [-0.1, -0.05) is 91.0 Å². The predicted octanol–water partition coefficient (Wildman–Crippen LogP) is 3.94. The minimum absolute atomic E-state index is 0.216. The third-order valence-corrected chi connectivity index (χ3v) is 7.70. The van der Waals surface area contributed by atoms with Crippen molar-refractivity contribution in [2.75, 3.05) is 11.3 Å². The first-order chi connectivity index (χ1) is 17.6. The number of rotatable bonds is 8. The van der Waals surface area contributed by atoms with Gasteiger partial charge in [0.25, 0.3) is 0 Å². The Morgan fingerprint density at radius 3 is 1.89 bits per heavy atom. The zero-order valence-electron chi connectivity index (χ0n) is 19.5. The van der Waals surface area contributed by atoms with Gasteiger partial charge in [0.1, 0.15) is 22.9 Å². The molecule has 0 amide bonds. The zero-order chi connectivity index (χ0) is 25.0. The highest BCUT2D eigenvalue weighted by atomic mass is 32.2. The summed E-state index contributed by atoms with van der Waals surface area (Å²) in [4.78, 5) is 17.1. The van der Waals surface area contributed by atoms with Gasteiger partial charge >= 0.3 is 5.69 Å². The number of hydrogen-bond acceptors (Lipinski definition) is 7.